The number of amides is 2. The Bertz CT molecular complexity index is 2660. The molecule has 372 valence electrons. The molecule has 6 heterocycles. The molecule has 6 N–H and O–H groups in total. The summed E-state index contributed by atoms with van der Waals surface area (Å²) in [5.41, 5.74) is 1.65. The third kappa shape index (κ3) is 14.3. The monoisotopic (exact) mass is 984 g/mol. The fourth-order valence-corrected chi connectivity index (χ4v) is 7.71. The Hall–Kier alpha value is -8.96. The molecular formula is C48H50F2N16O6. The van der Waals surface area contributed by atoms with Crippen LogP contribution in [0.4, 0.5) is 55.6 Å². The number of hydrogen-bond donors (Lipinski definition) is 6. The second-order valence-electron chi connectivity index (χ2n) is 16.7. The average Bonchev–Trinajstić information content (AvgIpc) is 4.05. The van der Waals surface area contributed by atoms with Gasteiger partial charge in [-0.1, -0.05) is 24.3 Å². The van der Waals surface area contributed by atoms with Gasteiger partial charge in [-0.3, -0.25) is 19.6 Å². The lowest BCUT2D eigenvalue weighted by atomic mass is 10.1. The van der Waals surface area contributed by atoms with Crippen LogP contribution >= 0.6 is 0 Å². The molecule has 2 aliphatic heterocycles. The van der Waals surface area contributed by atoms with E-state index in [4.69, 9.17) is 19.4 Å². The summed E-state index contributed by atoms with van der Waals surface area (Å²) in [6.07, 6.45) is 12.0. The van der Waals surface area contributed by atoms with Gasteiger partial charge in [0.2, 0.25) is 11.9 Å². The molecule has 0 bridgehead atoms. The normalized spacial score (nSPS) is 16.1. The number of aromatic nitrogens is 8. The number of benzene rings is 2. The van der Waals surface area contributed by atoms with Crippen LogP contribution in [-0.2, 0) is 28.7 Å². The highest BCUT2D eigenvalue weighted by atomic mass is 19.1. The molecule has 2 saturated heterocycles. The Balaban J connectivity index is 0.769. The van der Waals surface area contributed by atoms with E-state index >= 15 is 0 Å². The van der Waals surface area contributed by atoms with Gasteiger partial charge >= 0.3 is 11.9 Å². The van der Waals surface area contributed by atoms with Gasteiger partial charge in [-0.05, 0) is 62.1 Å². The van der Waals surface area contributed by atoms with Crippen molar-refractivity contribution >= 4 is 70.6 Å². The van der Waals surface area contributed by atoms with Crippen LogP contribution in [0, 0.1) is 11.6 Å². The van der Waals surface area contributed by atoms with E-state index in [0.29, 0.717) is 85.8 Å². The molecule has 0 unspecified atom stereocenters. The first-order valence-electron chi connectivity index (χ1n) is 22.9. The minimum Gasteiger partial charge on any atom is -0.452 e. The average molecular weight is 985 g/mol. The molecule has 72 heavy (non-hydrogen) atoms. The molecule has 6 aromatic rings. The zero-order valence-corrected chi connectivity index (χ0v) is 39.0. The summed E-state index contributed by atoms with van der Waals surface area (Å²) < 4.78 is 37.2. The van der Waals surface area contributed by atoms with Crippen molar-refractivity contribution in [1.29, 1.82) is 0 Å². The summed E-state index contributed by atoms with van der Waals surface area (Å²) in [5.74, 6) is -0.180. The van der Waals surface area contributed by atoms with E-state index in [2.05, 4.69) is 61.8 Å². The number of carbonyl (C=O) groups is 4. The van der Waals surface area contributed by atoms with Gasteiger partial charge < -0.3 is 51.2 Å². The van der Waals surface area contributed by atoms with E-state index in [9.17, 15) is 28.0 Å². The Morgan fingerprint density at radius 3 is 1.42 bits per heavy atom. The molecule has 2 aliphatic rings. The molecule has 2 amide bonds. The maximum atomic E-state index is 13.6. The summed E-state index contributed by atoms with van der Waals surface area (Å²) in [4.78, 5) is 89.7. The molecule has 0 radical (unpaired) electrons. The largest absolute Gasteiger partial charge is 0.452 e. The topological polar surface area (TPSA) is 269 Å². The van der Waals surface area contributed by atoms with Crippen LogP contribution in [-0.4, -0.2) is 115 Å². The van der Waals surface area contributed by atoms with Crippen molar-refractivity contribution in [2.75, 3.05) is 70.5 Å². The first-order valence-corrected chi connectivity index (χ1v) is 22.9. The zero-order valence-electron chi connectivity index (χ0n) is 39.0. The Labute approximate surface area is 411 Å². The van der Waals surface area contributed by atoms with E-state index in [1.165, 1.54) is 24.3 Å². The Morgan fingerprint density at radius 2 is 1.03 bits per heavy atom. The van der Waals surface area contributed by atoms with E-state index in [0.717, 1.165) is 23.3 Å². The quantitative estimate of drug-likeness (QED) is 0.0447. The van der Waals surface area contributed by atoms with Gasteiger partial charge in [-0.15, -0.1) is 0 Å². The molecule has 8 rings (SSSR count). The Morgan fingerprint density at radius 1 is 0.611 bits per heavy atom. The van der Waals surface area contributed by atoms with Crippen molar-refractivity contribution in [1.82, 2.24) is 50.5 Å². The molecule has 4 aromatic heterocycles. The van der Waals surface area contributed by atoms with Crippen molar-refractivity contribution in [3.8, 4) is 0 Å². The number of carbonyl (C=O) groups excluding carboxylic acids is 4. The van der Waals surface area contributed by atoms with Gasteiger partial charge in [0, 0.05) is 87.3 Å². The minimum absolute atomic E-state index is 0.263. The van der Waals surface area contributed by atoms with Gasteiger partial charge in [-0.2, -0.15) is 19.9 Å². The van der Waals surface area contributed by atoms with Crippen LogP contribution in [0.2, 0.25) is 0 Å². The fourth-order valence-electron chi connectivity index (χ4n) is 7.71. The molecule has 22 nitrogen and oxygen atoms in total. The van der Waals surface area contributed by atoms with Crippen LogP contribution in [0.5, 0.6) is 0 Å². The number of rotatable bonds is 20. The number of nitrogens with zero attached hydrogens (tertiary/aromatic N) is 10. The molecular weight excluding hydrogens is 935 g/mol. The highest BCUT2D eigenvalue weighted by Crippen LogP contribution is 2.28. The van der Waals surface area contributed by atoms with Gasteiger partial charge in [0.15, 0.2) is 13.2 Å². The smallest absolute Gasteiger partial charge is 0.331 e. The zero-order chi connectivity index (χ0) is 50.4. The molecule has 24 heteroatoms. The number of anilines is 8. The number of esters is 2. The second-order valence-corrected chi connectivity index (χ2v) is 16.7. The summed E-state index contributed by atoms with van der Waals surface area (Å²) in [6.45, 7) is 4.44. The van der Waals surface area contributed by atoms with Crippen molar-refractivity contribution in [2.45, 2.75) is 50.9 Å². The minimum atomic E-state index is -0.965. The summed E-state index contributed by atoms with van der Waals surface area (Å²) in [6, 6.07) is 14.6. The third-order valence-corrected chi connectivity index (χ3v) is 11.3. The highest BCUT2D eigenvalue weighted by Gasteiger charge is 2.28. The number of halogens is 2. The maximum absolute atomic E-state index is 13.6. The Kier molecular flexibility index (Phi) is 16.2. The van der Waals surface area contributed by atoms with E-state index in [-0.39, 0.29) is 35.8 Å². The lowest BCUT2D eigenvalue weighted by molar-refractivity contribution is -0.145. The lowest BCUT2D eigenvalue weighted by Gasteiger charge is -2.21. The number of nitrogens with one attached hydrogen (secondary N) is 6. The molecule has 4 atom stereocenters. The van der Waals surface area contributed by atoms with Crippen LogP contribution in [0.1, 0.15) is 49.9 Å². The van der Waals surface area contributed by atoms with E-state index in [1.54, 1.807) is 73.6 Å². The van der Waals surface area contributed by atoms with Gasteiger partial charge in [0.1, 0.15) is 46.5 Å². The van der Waals surface area contributed by atoms with E-state index < -0.39 is 37.0 Å². The molecule has 2 aromatic carbocycles. The molecule has 2 fully saturated rings. The summed E-state index contributed by atoms with van der Waals surface area (Å²) in [5, 5.41) is 18.5. The molecule has 0 saturated carbocycles. The fraction of sp³-hybridized carbons (Fsp3) is 0.292. The molecule has 0 spiro atoms. The molecule has 0 aliphatic carbocycles. The third-order valence-electron chi connectivity index (χ3n) is 11.3. The van der Waals surface area contributed by atoms with Gasteiger partial charge in [0.05, 0.1) is 24.5 Å². The van der Waals surface area contributed by atoms with Crippen LogP contribution in [0.3, 0.4) is 0 Å². The summed E-state index contributed by atoms with van der Waals surface area (Å²) >= 11 is 0. The predicted octanol–water partition coefficient (Wildman–Crippen LogP) is 4.69. The second kappa shape index (κ2) is 23.6. The van der Waals surface area contributed by atoms with Crippen molar-refractivity contribution in [3.05, 3.63) is 133 Å². The highest BCUT2D eigenvalue weighted by molar-refractivity contribution is 5.93. The predicted molar refractivity (Wildman–Crippen MR) is 260 cm³/mol. The van der Waals surface area contributed by atoms with Gasteiger partial charge in [0.25, 0.3) is 11.8 Å². The first-order chi connectivity index (χ1) is 34.9. The number of hydrogen-bond acceptors (Lipinski definition) is 20. The van der Waals surface area contributed by atoms with Crippen LogP contribution in [0.25, 0.3) is 0 Å². The summed E-state index contributed by atoms with van der Waals surface area (Å²) in [7, 11) is 0. The van der Waals surface area contributed by atoms with Crippen LogP contribution < -0.4 is 41.7 Å². The van der Waals surface area contributed by atoms with Crippen molar-refractivity contribution in [3.63, 3.8) is 0 Å². The lowest BCUT2D eigenvalue weighted by Crippen LogP contribution is -2.39. The first kappa shape index (κ1) is 49.5. The standard InChI is InChI=1S/C48H50F2N16O6/c1-29(31-3-7-33(49)8-4-31)55-47-61-37(59-39-23-51-15-17-53-39)21-41(63-47)65-19-13-35(25-65)57-43(67)27-71-45(69)11-12-46(70)72-28-44(68)58-36-14-20-66(26-36)42-22-38(60-40-24-52-16-18-54-40)62-48(64-42)56-30(2)32-5-9-34(50)10-6-32/h3-12,15-18,21-24,29-30,35-36H,13-14,19-20,25-28H2,1-2H3,(H,57,67)(H,58,68)(H2,53,55,59,61,63)(H2,54,56,60,62,64)/b12-11-/t29-,30-,35-,36-/m0/s1. The number of ether oxygens (including phenoxy) is 2. The van der Waals surface area contributed by atoms with Gasteiger partial charge in [-0.25, -0.2) is 28.3 Å². The SMILES string of the molecule is C[C@H](Nc1nc(Nc2cnccn2)cc(N2CC[C@H](NC(=O)COC(=O)/C=C\C(=O)OCC(=O)N[C@H]3CCN(c4cc(Nc5cnccn5)nc(N[C@@H](C)c5ccc(F)cc5)n4)C3)C2)n1)c1ccc(F)cc1. The van der Waals surface area contributed by atoms with Crippen molar-refractivity contribution in [2.24, 2.45) is 0 Å². The van der Waals surface area contributed by atoms with Crippen LogP contribution in [0.15, 0.2) is 110 Å². The maximum Gasteiger partial charge on any atom is 0.331 e. The van der Waals surface area contributed by atoms with E-state index in [1.807, 2.05) is 23.6 Å². The van der Waals surface area contributed by atoms with Crippen molar-refractivity contribution < 1.29 is 37.4 Å².